The third kappa shape index (κ3) is 2.10. The van der Waals surface area contributed by atoms with Gasteiger partial charge in [0.2, 0.25) is 0 Å². The highest BCUT2D eigenvalue weighted by atomic mass is 16.3. The summed E-state index contributed by atoms with van der Waals surface area (Å²) in [5.74, 6) is 1.43. The number of nitrogens with one attached hydrogen (secondary N) is 1. The van der Waals surface area contributed by atoms with Gasteiger partial charge in [0.05, 0.1) is 18.4 Å². The summed E-state index contributed by atoms with van der Waals surface area (Å²) in [5.41, 5.74) is 2.39. The normalized spacial score (nSPS) is 11.3. The lowest BCUT2D eigenvalue weighted by atomic mass is 10.2. The van der Waals surface area contributed by atoms with Gasteiger partial charge in [-0.15, -0.1) is 0 Å². The van der Waals surface area contributed by atoms with Crippen molar-refractivity contribution in [2.45, 2.75) is 0 Å². The van der Waals surface area contributed by atoms with Gasteiger partial charge in [-0.25, -0.2) is 9.50 Å². The first-order valence-electron chi connectivity index (χ1n) is 7.03. The van der Waals surface area contributed by atoms with Gasteiger partial charge < -0.3 is 14.8 Å². The van der Waals surface area contributed by atoms with Crippen molar-refractivity contribution in [3.8, 4) is 11.3 Å². The Balaban J connectivity index is 1.83. The molecule has 2 N–H and O–H groups in total. The second-order valence-corrected chi connectivity index (χ2v) is 4.94. The lowest BCUT2D eigenvalue weighted by Crippen LogP contribution is -2.07. The fourth-order valence-corrected chi connectivity index (χ4v) is 2.44. The third-order valence-corrected chi connectivity index (χ3v) is 3.48. The van der Waals surface area contributed by atoms with Gasteiger partial charge in [0, 0.05) is 18.1 Å². The van der Waals surface area contributed by atoms with Crippen molar-refractivity contribution in [2.24, 2.45) is 0 Å². The molecule has 0 unspecified atom stereocenters. The summed E-state index contributed by atoms with van der Waals surface area (Å²) in [7, 11) is 0. The van der Waals surface area contributed by atoms with E-state index >= 15 is 0 Å². The van der Waals surface area contributed by atoms with Crippen molar-refractivity contribution in [2.75, 3.05) is 18.5 Å². The van der Waals surface area contributed by atoms with Gasteiger partial charge >= 0.3 is 0 Å². The Morgan fingerprint density at radius 2 is 2.14 bits per heavy atom. The van der Waals surface area contributed by atoms with Gasteiger partial charge in [-0.2, -0.15) is 5.10 Å². The van der Waals surface area contributed by atoms with Crippen molar-refractivity contribution in [1.29, 1.82) is 0 Å². The fourth-order valence-electron chi connectivity index (χ4n) is 2.44. The predicted molar refractivity (Wildman–Crippen MR) is 83.8 cm³/mol. The maximum absolute atomic E-state index is 8.89. The molecule has 1 aromatic carbocycles. The fraction of sp³-hybridized carbons (Fsp3) is 0.125. The summed E-state index contributed by atoms with van der Waals surface area (Å²) in [6, 6.07) is 11.7. The van der Waals surface area contributed by atoms with Crippen LogP contribution in [-0.4, -0.2) is 32.9 Å². The molecule has 110 valence electrons. The zero-order chi connectivity index (χ0) is 14.9. The van der Waals surface area contributed by atoms with Crippen LogP contribution in [0.3, 0.4) is 0 Å². The van der Waals surface area contributed by atoms with Gasteiger partial charge in [0.1, 0.15) is 17.2 Å². The number of aliphatic hydroxyl groups excluding tert-OH is 1. The number of aromatic nitrogens is 3. The lowest BCUT2D eigenvalue weighted by molar-refractivity contribution is 0.311. The first-order valence-corrected chi connectivity index (χ1v) is 7.03. The van der Waals surface area contributed by atoms with E-state index in [1.807, 2.05) is 42.6 Å². The molecule has 0 saturated carbocycles. The lowest BCUT2D eigenvalue weighted by Gasteiger charge is -2.03. The summed E-state index contributed by atoms with van der Waals surface area (Å²) < 4.78 is 7.59. The minimum absolute atomic E-state index is 0.0581. The Morgan fingerprint density at radius 3 is 3.00 bits per heavy atom. The Labute approximate surface area is 126 Å². The molecule has 6 nitrogen and oxygen atoms in total. The van der Waals surface area contributed by atoms with Crippen LogP contribution in [0.25, 0.3) is 27.9 Å². The molecule has 0 spiro atoms. The molecule has 0 saturated heterocycles. The molecule has 0 bridgehead atoms. The highest BCUT2D eigenvalue weighted by Crippen LogP contribution is 2.30. The number of nitrogens with zero attached hydrogens (tertiary/aromatic N) is 3. The molecule has 0 atom stereocenters. The number of aliphatic hydroxyl groups is 1. The van der Waals surface area contributed by atoms with Crippen molar-refractivity contribution in [1.82, 2.24) is 14.6 Å². The minimum Gasteiger partial charge on any atom is -0.456 e. The minimum atomic E-state index is 0.0581. The number of para-hydroxylation sites is 1. The van der Waals surface area contributed by atoms with Gasteiger partial charge in [-0.1, -0.05) is 18.2 Å². The Hall–Kier alpha value is -2.86. The number of hydrogen-bond acceptors (Lipinski definition) is 5. The quantitative estimate of drug-likeness (QED) is 0.605. The van der Waals surface area contributed by atoms with Crippen LogP contribution >= 0.6 is 0 Å². The monoisotopic (exact) mass is 294 g/mol. The average molecular weight is 294 g/mol. The van der Waals surface area contributed by atoms with Crippen LogP contribution in [0.4, 0.5) is 5.82 Å². The van der Waals surface area contributed by atoms with Crippen LogP contribution < -0.4 is 5.32 Å². The number of rotatable bonds is 4. The average Bonchev–Trinajstić information content (AvgIpc) is 3.15. The number of fused-ring (bicyclic) bond motifs is 2. The molecule has 3 aromatic heterocycles. The van der Waals surface area contributed by atoms with Crippen molar-refractivity contribution in [3.05, 3.63) is 48.8 Å². The van der Waals surface area contributed by atoms with E-state index in [-0.39, 0.29) is 6.61 Å². The molecule has 0 aliphatic heterocycles. The van der Waals surface area contributed by atoms with E-state index in [2.05, 4.69) is 15.4 Å². The zero-order valence-corrected chi connectivity index (χ0v) is 11.7. The summed E-state index contributed by atoms with van der Waals surface area (Å²) >= 11 is 0. The Morgan fingerprint density at radius 1 is 1.23 bits per heavy atom. The molecular formula is C16H14N4O2. The van der Waals surface area contributed by atoms with Gasteiger partial charge in [0.15, 0.2) is 5.65 Å². The van der Waals surface area contributed by atoms with E-state index in [0.717, 1.165) is 22.3 Å². The van der Waals surface area contributed by atoms with E-state index < -0.39 is 0 Å². The van der Waals surface area contributed by atoms with Crippen LogP contribution in [0.2, 0.25) is 0 Å². The summed E-state index contributed by atoms with van der Waals surface area (Å²) in [6.07, 6.45) is 3.57. The van der Waals surface area contributed by atoms with Crippen LogP contribution in [0, 0.1) is 0 Å². The maximum atomic E-state index is 8.89. The smallest absolute Gasteiger partial charge is 0.168 e. The number of benzene rings is 1. The van der Waals surface area contributed by atoms with Crippen molar-refractivity contribution in [3.63, 3.8) is 0 Å². The van der Waals surface area contributed by atoms with E-state index in [1.54, 1.807) is 10.7 Å². The molecule has 6 heteroatoms. The molecular weight excluding hydrogens is 280 g/mol. The van der Waals surface area contributed by atoms with Crippen molar-refractivity contribution >= 4 is 22.4 Å². The van der Waals surface area contributed by atoms with Crippen LogP contribution in [-0.2, 0) is 0 Å². The highest BCUT2D eigenvalue weighted by molar-refractivity contribution is 5.86. The van der Waals surface area contributed by atoms with E-state index in [0.29, 0.717) is 18.0 Å². The van der Waals surface area contributed by atoms with Gasteiger partial charge in [0.25, 0.3) is 0 Å². The van der Waals surface area contributed by atoms with Crippen molar-refractivity contribution < 1.29 is 9.52 Å². The topological polar surface area (TPSA) is 75.6 Å². The second-order valence-electron chi connectivity index (χ2n) is 4.94. The molecule has 4 aromatic rings. The molecule has 4 rings (SSSR count). The Kier molecular flexibility index (Phi) is 3.01. The SMILES string of the molecule is OCCNc1ccn2ncc(-c3cc4ccccc4o3)c2n1. The zero-order valence-electron chi connectivity index (χ0n) is 11.7. The summed E-state index contributed by atoms with van der Waals surface area (Å²) in [5, 5.41) is 17.3. The largest absolute Gasteiger partial charge is 0.456 e. The number of hydrogen-bond donors (Lipinski definition) is 2. The number of furan rings is 1. The van der Waals surface area contributed by atoms with E-state index in [1.165, 1.54) is 0 Å². The molecule has 0 aliphatic rings. The first-order chi connectivity index (χ1) is 10.8. The first kappa shape index (κ1) is 12.8. The number of anilines is 1. The highest BCUT2D eigenvalue weighted by Gasteiger charge is 2.13. The Bertz CT molecular complexity index is 909. The molecule has 0 radical (unpaired) electrons. The van der Waals surface area contributed by atoms with Crippen LogP contribution in [0.15, 0.2) is 53.2 Å². The van der Waals surface area contributed by atoms with Gasteiger partial charge in [-0.3, -0.25) is 0 Å². The van der Waals surface area contributed by atoms with Crippen LogP contribution in [0.1, 0.15) is 0 Å². The maximum Gasteiger partial charge on any atom is 0.168 e. The van der Waals surface area contributed by atoms with Crippen LogP contribution in [0.5, 0.6) is 0 Å². The third-order valence-electron chi connectivity index (χ3n) is 3.48. The second kappa shape index (κ2) is 5.16. The standard InChI is InChI=1S/C16H14N4O2/c21-8-6-17-15-5-7-20-16(19-15)12(10-18-20)14-9-11-3-1-2-4-13(11)22-14/h1-5,7,9-10,21H,6,8H2,(H,17,19). The molecule has 0 fully saturated rings. The molecule has 22 heavy (non-hydrogen) atoms. The molecule has 3 heterocycles. The van der Waals surface area contributed by atoms with E-state index in [9.17, 15) is 0 Å². The molecule has 0 amide bonds. The predicted octanol–water partition coefficient (Wildman–Crippen LogP) is 2.55. The molecule has 0 aliphatic carbocycles. The van der Waals surface area contributed by atoms with Gasteiger partial charge in [-0.05, 0) is 18.2 Å². The van der Waals surface area contributed by atoms with E-state index in [4.69, 9.17) is 9.52 Å². The summed E-state index contributed by atoms with van der Waals surface area (Å²) in [4.78, 5) is 4.54. The summed E-state index contributed by atoms with van der Waals surface area (Å²) in [6.45, 7) is 0.514.